The van der Waals surface area contributed by atoms with E-state index < -0.39 is 0 Å². The first-order valence-electron chi connectivity index (χ1n) is 21.7. The van der Waals surface area contributed by atoms with Crippen LogP contribution in [0.3, 0.4) is 0 Å². The van der Waals surface area contributed by atoms with Gasteiger partial charge in [-0.25, -0.2) is 0 Å². The summed E-state index contributed by atoms with van der Waals surface area (Å²) in [5, 5.41) is 7.66. The number of anilines is 3. The molecule has 13 aromatic rings. The molecule has 3 heterocycles. The molecule has 0 fully saturated rings. The van der Waals surface area contributed by atoms with E-state index in [4.69, 9.17) is 0 Å². The number of aromatic nitrogens is 2. The van der Waals surface area contributed by atoms with Gasteiger partial charge in [-0.15, -0.1) is 0 Å². The van der Waals surface area contributed by atoms with Gasteiger partial charge in [0.05, 0.1) is 27.6 Å². The number of nitrogens with zero attached hydrogens (tertiary/aromatic N) is 3. The molecule has 0 amide bonds. The Morgan fingerprint density at radius 3 is 1.32 bits per heavy atom. The average molecular weight is 802 g/mol. The van der Waals surface area contributed by atoms with Gasteiger partial charge in [0.2, 0.25) is 0 Å². The Balaban J connectivity index is 0.926. The van der Waals surface area contributed by atoms with Gasteiger partial charge < -0.3 is 13.9 Å². The van der Waals surface area contributed by atoms with Crippen molar-refractivity contribution in [2.75, 3.05) is 4.90 Å². The summed E-state index contributed by atoms with van der Waals surface area (Å²) in [4.78, 5) is 2.37. The zero-order valence-electron chi connectivity index (χ0n) is 34.4. The van der Waals surface area contributed by atoms with Crippen LogP contribution in [0.5, 0.6) is 0 Å². The summed E-state index contributed by atoms with van der Waals surface area (Å²) in [5.74, 6) is 0. The van der Waals surface area contributed by atoms with Gasteiger partial charge in [0.25, 0.3) is 0 Å². The molecular formula is C60H39N3. The smallest absolute Gasteiger partial charge is 0.0620 e. The Morgan fingerprint density at radius 2 is 0.730 bits per heavy atom. The zero-order chi connectivity index (χ0) is 41.4. The van der Waals surface area contributed by atoms with Gasteiger partial charge in [0, 0.05) is 55.1 Å². The fraction of sp³-hybridized carbons (Fsp3) is 0. The third-order valence-electron chi connectivity index (χ3n) is 13.0. The first kappa shape index (κ1) is 35.4. The Hall–Kier alpha value is -8.40. The highest BCUT2D eigenvalue weighted by Gasteiger charge is 2.20. The first-order valence-corrected chi connectivity index (χ1v) is 21.7. The molecule has 3 aromatic heterocycles. The lowest BCUT2D eigenvalue weighted by atomic mass is 9.98. The third-order valence-corrected chi connectivity index (χ3v) is 13.0. The zero-order valence-corrected chi connectivity index (χ0v) is 34.4. The van der Waals surface area contributed by atoms with Crippen LogP contribution in [0, 0.1) is 0 Å². The quantitative estimate of drug-likeness (QED) is 0.156. The van der Waals surface area contributed by atoms with Crippen molar-refractivity contribution in [2.24, 2.45) is 0 Å². The molecule has 13 rings (SSSR count). The number of hydrogen-bond acceptors (Lipinski definition) is 1. The molecule has 0 bridgehead atoms. The van der Waals surface area contributed by atoms with E-state index in [1.54, 1.807) is 0 Å². The van der Waals surface area contributed by atoms with Crippen LogP contribution in [0.15, 0.2) is 237 Å². The van der Waals surface area contributed by atoms with Crippen LogP contribution in [0.1, 0.15) is 0 Å². The third kappa shape index (κ3) is 5.53. The van der Waals surface area contributed by atoms with Crippen molar-refractivity contribution in [1.82, 2.24) is 8.97 Å². The maximum Gasteiger partial charge on any atom is 0.0620 e. The van der Waals surface area contributed by atoms with E-state index in [-0.39, 0.29) is 0 Å². The summed E-state index contributed by atoms with van der Waals surface area (Å²) in [6, 6.07) is 86.3. The van der Waals surface area contributed by atoms with Gasteiger partial charge in [-0.1, -0.05) is 152 Å². The second-order valence-corrected chi connectivity index (χ2v) is 16.5. The van der Waals surface area contributed by atoms with Gasteiger partial charge in [0.1, 0.15) is 0 Å². The van der Waals surface area contributed by atoms with Crippen LogP contribution < -0.4 is 4.90 Å². The molecule has 63 heavy (non-hydrogen) atoms. The Kier molecular flexibility index (Phi) is 7.91. The molecule has 0 aliphatic carbocycles. The molecular weight excluding hydrogens is 763 g/mol. The molecule has 0 atom stereocenters. The van der Waals surface area contributed by atoms with Crippen LogP contribution >= 0.6 is 0 Å². The lowest BCUT2D eigenvalue weighted by molar-refractivity contribution is 1.18. The highest BCUT2D eigenvalue weighted by molar-refractivity contribution is 6.24. The van der Waals surface area contributed by atoms with E-state index >= 15 is 0 Å². The van der Waals surface area contributed by atoms with Crippen LogP contribution in [0.4, 0.5) is 17.1 Å². The molecule has 10 aromatic carbocycles. The maximum absolute atomic E-state index is 2.44. The highest BCUT2D eigenvalue weighted by atomic mass is 15.1. The number of hydrogen-bond donors (Lipinski definition) is 0. The van der Waals surface area contributed by atoms with Crippen molar-refractivity contribution < 1.29 is 0 Å². The minimum atomic E-state index is 1.09. The summed E-state index contributed by atoms with van der Waals surface area (Å²) in [7, 11) is 0. The standard InChI is InChI=1S/C60H39N3/c1-3-14-40(15-4-1)41-26-32-46(33-27-41)61(48-36-30-43(31-37-48)49-21-13-25-58-59(49)52-20-9-12-24-57(52)62(58)45-16-5-2-6-17-45)47-34-28-42(29-35-47)44-38-53-50-18-7-10-22-55(50)63-56-23-11-8-19-51(56)54(39-44)60(53)63/h1-39H. The number of fused-ring (bicyclic) bond motifs is 9. The molecule has 0 aliphatic heterocycles. The SMILES string of the molecule is c1ccc(-c2ccc(N(c3ccc(-c4cc5c6ccccc6n6c7ccccc7c(c4)c56)cc3)c3ccc(-c4cccc5c4c4ccccc4n5-c4ccccc4)cc3)cc2)cc1. The fourth-order valence-corrected chi connectivity index (χ4v) is 10.2. The molecule has 0 saturated carbocycles. The van der Waals surface area contributed by atoms with Gasteiger partial charge >= 0.3 is 0 Å². The molecule has 0 radical (unpaired) electrons. The van der Waals surface area contributed by atoms with E-state index in [1.165, 1.54) is 93.3 Å². The van der Waals surface area contributed by atoms with Crippen molar-refractivity contribution in [3.63, 3.8) is 0 Å². The molecule has 0 unspecified atom stereocenters. The van der Waals surface area contributed by atoms with Crippen molar-refractivity contribution in [1.29, 1.82) is 0 Å². The van der Waals surface area contributed by atoms with E-state index in [2.05, 4.69) is 250 Å². The largest absolute Gasteiger partial charge is 0.311 e. The Bertz CT molecular complexity index is 3720. The van der Waals surface area contributed by atoms with E-state index in [0.29, 0.717) is 0 Å². The van der Waals surface area contributed by atoms with Crippen molar-refractivity contribution in [3.05, 3.63) is 237 Å². The lowest BCUT2D eigenvalue weighted by Gasteiger charge is -2.26. The molecule has 0 aliphatic rings. The van der Waals surface area contributed by atoms with Crippen LogP contribution in [-0.4, -0.2) is 8.97 Å². The van der Waals surface area contributed by atoms with Gasteiger partial charge in [0.15, 0.2) is 0 Å². The predicted molar refractivity (Wildman–Crippen MR) is 266 cm³/mol. The topological polar surface area (TPSA) is 12.6 Å². The van der Waals surface area contributed by atoms with E-state index in [1.807, 2.05) is 0 Å². The Labute approximate surface area is 364 Å². The highest BCUT2D eigenvalue weighted by Crippen LogP contribution is 2.44. The van der Waals surface area contributed by atoms with Gasteiger partial charge in [-0.3, -0.25) is 0 Å². The van der Waals surface area contributed by atoms with E-state index in [0.717, 1.165) is 22.7 Å². The Morgan fingerprint density at radius 1 is 0.286 bits per heavy atom. The van der Waals surface area contributed by atoms with Crippen LogP contribution in [-0.2, 0) is 0 Å². The van der Waals surface area contributed by atoms with Crippen molar-refractivity contribution >= 4 is 77.0 Å². The molecule has 3 nitrogen and oxygen atoms in total. The summed E-state index contributed by atoms with van der Waals surface area (Å²) in [5.41, 5.74) is 17.9. The second-order valence-electron chi connectivity index (χ2n) is 16.5. The van der Waals surface area contributed by atoms with Crippen molar-refractivity contribution in [3.8, 4) is 39.1 Å². The normalized spacial score (nSPS) is 11.8. The van der Waals surface area contributed by atoms with Crippen molar-refractivity contribution in [2.45, 2.75) is 0 Å². The van der Waals surface area contributed by atoms with E-state index in [9.17, 15) is 0 Å². The van der Waals surface area contributed by atoms with Gasteiger partial charge in [-0.2, -0.15) is 0 Å². The number of rotatable bonds is 7. The number of para-hydroxylation sites is 4. The summed E-state index contributed by atoms with van der Waals surface area (Å²) >= 11 is 0. The second kappa shape index (κ2) is 14.1. The maximum atomic E-state index is 2.44. The summed E-state index contributed by atoms with van der Waals surface area (Å²) in [6.07, 6.45) is 0. The molecule has 294 valence electrons. The summed E-state index contributed by atoms with van der Waals surface area (Å²) < 4.78 is 4.83. The number of benzene rings is 10. The van der Waals surface area contributed by atoms with Crippen LogP contribution in [0.25, 0.3) is 99.0 Å². The predicted octanol–water partition coefficient (Wildman–Crippen LogP) is 16.4. The van der Waals surface area contributed by atoms with Gasteiger partial charge in [-0.05, 0) is 118 Å². The minimum Gasteiger partial charge on any atom is -0.311 e. The molecule has 0 N–H and O–H groups in total. The summed E-state index contributed by atoms with van der Waals surface area (Å²) in [6.45, 7) is 0. The van der Waals surface area contributed by atoms with Crippen LogP contribution in [0.2, 0.25) is 0 Å². The minimum absolute atomic E-state index is 1.09. The lowest BCUT2D eigenvalue weighted by Crippen LogP contribution is -2.09. The average Bonchev–Trinajstić information content (AvgIpc) is 4.00. The molecule has 3 heteroatoms. The first-order chi connectivity index (χ1) is 31.3. The molecule has 0 saturated heterocycles. The monoisotopic (exact) mass is 801 g/mol. The molecule has 0 spiro atoms. The fourth-order valence-electron chi connectivity index (χ4n) is 10.2.